The maximum atomic E-state index is 12.0. The summed E-state index contributed by atoms with van der Waals surface area (Å²) < 4.78 is 13.4. The Kier molecular flexibility index (Phi) is 7.90. The van der Waals surface area contributed by atoms with Crippen molar-refractivity contribution < 1.29 is 14.3 Å². The second kappa shape index (κ2) is 10.4. The lowest BCUT2D eigenvalue weighted by Crippen LogP contribution is -2.34. The van der Waals surface area contributed by atoms with E-state index in [0.717, 1.165) is 24.4 Å². The number of nitrogens with zero attached hydrogens (tertiary/aromatic N) is 4. The number of nitrogens with one attached hydrogen (secondary N) is 1. The van der Waals surface area contributed by atoms with Gasteiger partial charge in [-0.25, -0.2) is 4.79 Å². The number of halogens is 2. The highest BCUT2D eigenvalue weighted by Crippen LogP contribution is 2.34. The molecular formula is C22H29Cl2N5O3. The quantitative estimate of drug-likeness (QED) is 0.555. The number of hydrogen-bond donors (Lipinski definition) is 1. The minimum absolute atomic E-state index is 0.360. The molecule has 0 fully saturated rings. The van der Waals surface area contributed by atoms with Gasteiger partial charge in [0.05, 0.1) is 13.1 Å². The largest absolute Gasteiger partial charge is 0.453 e. The molecule has 1 aliphatic rings. The highest BCUT2D eigenvalue weighted by atomic mass is 35.5. The standard InChI is InChI=1S/C22H29Cl2N5O3/c1-5-18-20(31-17-12-15(23)11-16(24)13-17)19(14-28-9-6-7-26-28)29(27-18)10-8-25-21(30)32-22(2,3)4/h7,11-13H,5-6,8-10,14H2,1-4H3,(H,25,30). The Balaban J connectivity index is 1.83. The van der Waals surface area contributed by atoms with Crippen molar-refractivity contribution >= 4 is 35.5 Å². The van der Waals surface area contributed by atoms with E-state index in [2.05, 4.69) is 10.4 Å². The van der Waals surface area contributed by atoms with E-state index < -0.39 is 11.7 Å². The van der Waals surface area contributed by atoms with E-state index in [-0.39, 0.29) is 0 Å². The molecule has 2 heterocycles. The summed E-state index contributed by atoms with van der Waals surface area (Å²) >= 11 is 12.3. The SMILES string of the molecule is CCc1nn(CCNC(=O)OC(C)(C)C)c(CN2CCC=N2)c1Oc1cc(Cl)cc(Cl)c1. The fraction of sp³-hybridized carbons (Fsp3) is 0.500. The maximum absolute atomic E-state index is 12.0. The van der Waals surface area contributed by atoms with Crippen molar-refractivity contribution in [2.45, 2.75) is 59.2 Å². The number of alkyl carbamates (subject to hydrolysis) is 1. The van der Waals surface area contributed by atoms with Crippen LogP contribution in [0, 0.1) is 0 Å². The smallest absolute Gasteiger partial charge is 0.407 e. The molecule has 10 heteroatoms. The molecule has 0 unspecified atom stereocenters. The molecular weight excluding hydrogens is 453 g/mol. The summed E-state index contributed by atoms with van der Waals surface area (Å²) in [7, 11) is 0. The predicted molar refractivity (Wildman–Crippen MR) is 126 cm³/mol. The molecule has 2 aromatic rings. The van der Waals surface area contributed by atoms with Crippen molar-refractivity contribution in [3.05, 3.63) is 39.6 Å². The van der Waals surface area contributed by atoms with Gasteiger partial charge in [0.1, 0.15) is 22.7 Å². The Morgan fingerprint density at radius 1 is 1.22 bits per heavy atom. The number of hydrogen-bond acceptors (Lipinski definition) is 6. The molecule has 0 spiro atoms. The number of aryl methyl sites for hydroxylation is 1. The van der Waals surface area contributed by atoms with Crippen molar-refractivity contribution in [1.29, 1.82) is 0 Å². The molecule has 1 aromatic heterocycles. The first-order valence-corrected chi connectivity index (χ1v) is 11.4. The summed E-state index contributed by atoms with van der Waals surface area (Å²) in [5.41, 5.74) is 1.11. The molecule has 1 aromatic carbocycles. The average molecular weight is 482 g/mol. The van der Waals surface area contributed by atoms with Crippen LogP contribution in [-0.4, -0.2) is 45.8 Å². The van der Waals surface area contributed by atoms with Crippen LogP contribution < -0.4 is 10.1 Å². The van der Waals surface area contributed by atoms with Crippen LogP contribution >= 0.6 is 23.2 Å². The summed E-state index contributed by atoms with van der Waals surface area (Å²) in [5.74, 6) is 1.19. The van der Waals surface area contributed by atoms with Gasteiger partial charge < -0.3 is 14.8 Å². The van der Waals surface area contributed by atoms with E-state index in [1.54, 1.807) is 18.2 Å². The Morgan fingerprint density at radius 2 is 1.94 bits per heavy atom. The van der Waals surface area contributed by atoms with E-state index in [4.69, 9.17) is 37.8 Å². The van der Waals surface area contributed by atoms with Crippen molar-refractivity contribution in [2.24, 2.45) is 5.10 Å². The topological polar surface area (TPSA) is 81.0 Å². The lowest BCUT2D eigenvalue weighted by Gasteiger charge is -2.20. The zero-order valence-corrected chi connectivity index (χ0v) is 20.3. The second-order valence-electron chi connectivity index (χ2n) is 8.41. The first kappa shape index (κ1) is 24.2. The van der Waals surface area contributed by atoms with Crippen molar-refractivity contribution in [2.75, 3.05) is 13.1 Å². The van der Waals surface area contributed by atoms with Gasteiger partial charge in [0, 0.05) is 35.8 Å². The number of aromatic nitrogens is 2. The van der Waals surface area contributed by atoms with Gasteiger partial charge >= 0.3 is 6.09 Å². The Bertz CT molecular complexity index is 964. The maximum Gasteiger partial charge on any atom is 0.407 e. The summed E-state index contributed by atoms with van der Waals surface area (Å²) in [6.45, 7) is 9.67. The van der Waals surface area contributed by atoms with E-state index in [1.807, 2.05) is 43.6 Å². The highest BCUT2D eigenvalue weighted by Gasteiger charge is 2.23. The lowest BCUT2D eigenvalue weighted by molar-refractivity contribution is 0.0525. The molecule has 32 heavy (non-hydrogen) atoms. The molecule has 0 saturated carbocycles. The molecule has 8 nitrogen and oxygen atoms in total. The summed E-state index contributed by atoms with van der Waals surface area (Å²) in [5, 5.41) is 14.9. The average Bonchev–Trinajstić information content (AvgIpc) is 3.29. The monoisotopic (exact) mass is 481 g/mol. The number of carbonyl (C=O) groups is 1. The first-order chi connectivity index (χ1) is 15.1. The molecule has 174 valence electrons. The van der Waals surface area contributed by atoms with Crippen LogP contribution in [-0.2, 0) is 24.2 Å². The van der Waals surface area contributed by atoms with Crippen molar-refractivity contribution in [3.8, 4) is 11.5 Å². The van der Waals surface area contributed by atoms with Crippen molar-refractivity contribution in [3.63, 3.8) is 0 Å². The normalized spacial score (nSPS) is 13.5. The Morgan fingerprint density at radius 3 is 2.53 bits per heavy atom. The van der Waals surface area contributed by atoms with Crippen molar-refractivity contribution in [1.82, 2.24) is 20.1 Å². The molecule has 0 radical (unpaired) electrons. The van der Waals surface area contributed by atoms with Crippen LogP contribution in [0.3, 0.4) is 0 Å². The molecule has 1 amide bonds. The van der Waals surface area contributed by atoms with Gasteiger partial charge in [0.2, 0.25) is 0 Å². The van der Waals surface area contributed by atoms with Gasteiger partial charge in [-0.15, -0.1) is 0 Å². The minimum Gasteiger partial charge on any atom is -0.453 e. The number of hydrazone groups is 1. The summed E-state index contributed by atoms with van der Waals surface area (Å²) in [6, 6.07) is 5.08. The number of ether oxygens (including phenoxy) is 2. The van der Waals surface area contributed by atoms with Crippen LogP contribution in [0.2, 0.25) is 10.0 Å². The number of amides is 1. The predicted octanol–water partition coefficient (Wildman–Crippen LogP) is 5.26. The lowest BCUT2D eigenvalue weighted by atomic mass is 10.2. The second-order valence-corrected chi connectivity index (χ2v) is 9.28. The molecule has 3 rings (SSSR count). The fourth-order valence-electron chi connectivity index (χ4n) is 3.24. The number of rotatable bonds is 8. The Hall–Kier alpha value is -2.45. The molecule has 0 aliphatic carbocycles. The Labute approximate surface area is 198 Å². The first-order valence-electron chi connectivity index (χ1n) is 10.6. The van der Waals surface area contributed by atoms with E-state index in [0.29, 0.717) is 47.6 Å². The van der Waals surface area contributed by atoms with Crippen LogP contribution in [0.4, 0.5) is 4.79 Å². The van der Waals surface area contributed by atoms with Gasteiger partial charge in [-0.3, -0.25) is 9.69 Å². The van der Waals surface area contributed by atoms with Gasteiger partial charge in [0.15, 0.2) is 5.75 Å². The van der Waals surface area contributed by atoms with Gasteiger partial charge in [0.25, 0.3) is 0 Å². The van der Waals surface area contributed by atoms with E-state index in [1.165, 1.54) is 0 Å². The minimum atomic E-state index is -0.552. The van der Waals surface area contributed by atoms with Gasteiger partial charge in [-0.1, -0.05) is 30.1 Å². The molecule has 0 saturated heterocycles. The zero-order chi connectivity index (χ0) is 23.3. The third-order valence-electron chi connectivity index (χ3n) is 4.55. The fourth-order valence-corrected chi connectivity index (χ4v) is 3.74. The molecule has 0 atom stereocenters. The number of benzene rings is 1. The molecule has 1 aliphatic heterocycles. The van der Waals surface area contributed by atoms with Crippen LogP contribution in [0.15, 0.2) is 23.3 Å². The summed E-state index contributed by atoms with van der Waals surface area (Å²) in [4.78, 5) is 12.0. The molecule has 0 bridgehead atoms. The van der Waals surface area contributed by atoms with Crippen LogP contribution in [0.1, 0.15) is 45.5 Å². The van der Waals surface area contributed by atoms with Gasteiger partial charge in [-0.2, -0.15) is 10.2 Å². The van der Waals surface area contributed by atoms with Crippen LogP contribution in [0.5, 0.6) is 11.5 Å². The van der Waals surface area contributed by atoms with E-state index >= 15 is 0 Å². The zero-order valence-electron chi connectivity index (χ0n) is 18.8. The van der Waals surface area contributed by atoms with Gasteiger partial charge in [-0.05, 0) is 45.4 Å². The summed E-state index contributed by atoms with van der Waals surface area (Å²) in [6.07, 6.45) is 3.00. The third kappa shape index (κ3) is 6.77. The highest BCUT2D eigenvalue weighted by molar-refractivity contribution is 6.34. The van der Waals surface area contributed by atoms with E-state index in [9.17, 15) is 4.79 Å². The third-order valence-corrected chi connectivity index (χ3v) is 4.99. The molecule has 1 N–H and O–H groups in total. The number of carbonyl (C=O) groups excluding carboxylic acids is 1. The van der Waals surface area contributed by atoms with Crippen LogP contribution in [0.25, 0.3) is 0 Å².